The summed E-state index contributed by atoms with van der Waals surface area (Å²) < 4.78 is 0. The topological polar surface area (TPSA) is 37.3 Å². The molecule has 0 fully saturated rings. The van der Waals surface area contributed by atoms with Crippen molar-refractivity contribution in [3.05, 3.63) is 36.1 Å². The quantitative estimate of drug-likeness (QED) is 0.405. The van der Waals surface area contributed by atoms with Crippen LogP contribution in [-0.2, 0) is 4.79 Å². The molecule has 0 saturated carbocycles. The Bertz CT molecular complexity index is 333. The summed E-state index contributed by atoms with van der Waals surface area (Å²) in [7, 11) is 0. The zero-order chi connectivity index (χ0) is 13.5. The molecule has 0 aromatic carbocycles. The van der Waals surface area contributed by atoms with Gasteiger partial charge in [-0.25, -0.2) is 0 Å². The minimum absolute atomic E-state index is 0.127. The smallest absolute Gasteiger partial charge is 0.155 e. The van der Waals surface area contributed by atoms with Gasteiger partial charge < -0.3 is 5.11 Å². The molecule has 2 heteroatoms. The van der Waals surface area contributed by atoms with Crippen LogP contribution in [-0.4, -0.2) is 10.9 Å². The first kappa shape index (κ1) is 15.7. The SMILES string of the molecule is C=CC(C)(CCC=C(C)C)CC(O)=CC(C)=O. The van der Waals surface area contributed by atoms with Crippen LogP contribution in [0.3, 0.4) is 0 Å². The fraction of sp³-hybridized carbons (Fsp3) is 0.533. The Balaban J connectivity index is 4.52. The summed E-state index contributed by atoms with van der Waals surface area (Å²) >= 11 is 0. The minimum Gasteiger partial charge on any atom is -0.512 e. The number of aliphatic hydroxyl groups excluding tert-OH is 1. The standard InChI is InChI=1S/C15H24O2/c1-6-15(5,9-7-8-12(2)3)11-14(17)10-13(4)16/h6,8,10,17H,1,7,9,11H2,2-5H3. The van der Waals surface area contributed by atoms with Crippen molar-refractivity contribution >= 4 is 5.78 Å². The molecule has 0 saturated heterocycles. The fourth-order valence-corrected chi connectivity index (χ4v) is 1.65. The Morgan fingerprint density at radius 1 is 1.35 bits per heavy atom. The number of aliphatic hydroxyl groups is 1. The molecule has 17 heavy (non-hydrogen) atoms. The van der Waals surface area contributed by atoms with Crippen LogP contribution in [0.15, 0.2) is 36.1 Å². The second-order valence-corrected chi connectivity index (χ2v) is 5.10. The number of rotatable bonds is 7. The number of carbonyl (C=O) groups excluding carboxylic acids is 1. The van der Waals surface area contributed by atoms with E-state index < -0.39 is 0 Å². The largest absolute Gasteiger partial charge is 0.512 e. The number of carbonyl (C=O) groups is 1. The molecule has 0 aliphatic rings. The lowest BCUT2D eigenvalue weighted by molar-refractivity contribution is -0.112. The van der Waals surface area contributed by atoms with Crippen LogP contribution < -0.4 is 0 Å². The Hall–Kier alpha value is -1.31. The van der Waals surface area contributed by atoms with Crippen molar-refractivity contribution in [1.82, 2.24) is 0 Å². The lowest BCUT2D eigenvalue weighted by Gasteiger charge is -2.24. The van der Waals surface area contributed by atoms with E-state index in [2.05, 4.69) is 26.5 Å². The van der Waals surface area contributed by atoms with Gasteiger partial charge in [0.05, 0.1) is 5.76 Å². The summed E-state index contributed by atoms with van der Waals surface area (Å²) in [5.41, 5.74) is 1.13. The Morgan fingerprint density at radius 3 is 2.35 bits per heavy atom. The van der Waals surface area contributed by atoms with Crippen molar-refractivity contribution < 1.29 is 9.90 Å². The van der Waals surface area contributed by atoms with Crippen LogP contribution in [0.25, 0.3) is 0 Å². The third-order valence-corrected chi connectivity index (χ3v) is 2.72. The van der Waals surface area contributed by atoms with Gasteiger partial charge in [-0.2, -0.15) is 0 Å². The number of ketones is 1. The molecule has 1 N–H and O–H groups in total. The summed E-state index contributed by atoms with van der Waals surface area (Å²) in [5.74, 6) is 0.00955. The maximum absolute atomic E-state index is 10.9. The summed E-state index contributed by atoms with van der Waals surface area (Å²) in [6, 6.07) is 0. The van der Waals surface area contributed by atoms with Gasteiger partial charge in [0.15, 0.2) is 5.78 Å². The van der Waals surface area contributed by atoms with Crippen LogP contribution in [0.4, 0.5) is 0 Å². The number of hydrogen-bond acceptors (Lipinski definition) is 2. The van der Waals surface area contributed by atoms with Gasteiger partial charge in [-0.3, -0.25) is 4.79 Å². The summed E-state index contributed by atoms with van der Waals surface area (Å²) in [6.07, 6.45) is 7.65. The highest BCUT2D eigenvalue weighted by atomic mass is 16.3. The van der Waals surface area contributed by atoms with Crippen LogP contribution in [0, 0.1) is 5.41 Å². The van der Waals surface area contributed by atoms with Crippen molar-refractivity contribution in [2.75, 3.05) is 0 Å². The Morgan fingerprint density at radius 2 is 1.94 bits per heavy atom. The second kappa shape index (κ2) is 7.10. The Kier molecular flexibility index (Phi) is 6.55. The monoisotopic (exact) mass is 236 g/mol. The lowest BCUT2D eigenvalue weighted by atomic mass is 9.81. The molecule has 96 valence electrons. The Labute approximate surface area is 105 Å². The molecule has 0 aromatic heterocycles. The highest BCUT2D eigenvalue weighted by Gasteiger charge is 2.21. The fourth-order valence-electron chi connectivity index (χ4n) is 1.65. The molecule has 0 aromatic rings. The highest BCUT2D eigenvalue weighted by molar-refractivity contribution is 5.87. The highest BCUT2D eigenvalue weighted by Crippen LogP contribution is 2.32. The molecule has 1 atom stereocenters. The number of allylic oxidation sites excluding steroid dienone is 5. The van der Waals surface area contributed by atoms with Crippen LogP contribution in [0.1, 0.15) is 47.0 Å². The number of hydrogen-bond donors (Lipinski definition) is 1. The normalized spacial score (nSPS) is 14.9. The zero-order valence-electron chi connectivity index (χ0n) is 11.4. The van der Waals surface area contributed by atoms with E-state index in [1.807, 2.05) is 13.0 Å². The van der Waals surface area contributed by atoms with E-state index in [9.17, 15) is 9.90 Å². The molecule has 0 bridgehead atoms. The second-order valence-electron chi connectivity index (χ2n) is 5.10. The van der Waals surface area contributed by atoms with Crippen molar-refractivity contribution in [3.8, 4) is 0 Å². The van der Waals surface area contributed by atoms with Crippen LogP contribution >= 0.6 is 0 Å². The van der Waals surface area contributed by atoms with Gasteiger partial charge in [-0.15, -0.1) is 6.58 Å². The van der Waals surface area contributed by atoms with Gasteiger partial charge in [-0.1, -0.05) is 24.6 Å². The molecular formula is C15H24O2. The van der Waals surface area contributed by atoms with E-state index in [1.54, 1.807) is 0 Å². The average Bonchev–Trinajstić information content (AvgIpc) is 2.15. The molecule has 0 rings (SSSR count). The maximum Gasteiger partial charge on any atom is 0.155 e. The van der Waals surface area contributed by atoms with Crippen LogP contribution in [0.2, 0.25) is 0 Å². The van der Waals surface area contributed by atoms with E-state index in [0.717, 1.165) is 12.8 Å². The van der Waals surface area contributed by atoms with Crippen molar-refractivity contribution in [2.24, 2.45) is 5.41 Å². The lowest BCUT2D eigenvalue weighted by Crippen LogP contribution is -2.14. The molecule has 2 nitrogen and oxygen atoms in total. The van der Waals surface area contributed by atoms with E-state index in [1.165, 1.54) is 18.6 Å². The van der Waals surface area contributed by atoms with E-state index in [4.69, 9.17) is 0 Å². The molecule has 0 spiro atoms. The van der Waals surface area contributed by atoms with E-state index in [0.29, 0.717) is 6.42 Å². The molecule has 1 unspecified atom stereocenters. The molecule has 0 aliphatic carbocycles. The molecular weight excluding hydrogens is 212 g/mol. The van der Waals surface area contributed by atoms with Crippen molar-refractivity contribution in [2.45, 2.75) is 47.0 Å². The summed E-state index contributed by atoms with van der Waals surface area (Å²) in [6.45, 7) is 11.4. The van der Waals surface area contributed by atoms with Gasteiger partial charge in [0, 0.05) is 12.5 Å². The first-order valence-corrected chi connectivity index (χ1v) is 5.96. The van der Waals surface area contributed by atoms with Gasteiger partial charge in [0.25, 0.3) is 0 Å². The molecule has 0 amide bonds. The molecule has 0 aliphatic heterocycles. The molecule has 0 heterocycles. The van der Waals surface area contributed by atoms with Crippen LogP contribution in [0.5, 0.6) is 0 Å². The summed E-state index contributed by atoms with van der Waals surface area (Å²) in [5, 5.41) is 9.67. The van der Waals surface area contributed by atoms with Crippen molar-refractivity contribution in [3.63, 3.8) is 0 Å². The minimum atomic E-state index is -0.165. The van der Waals surface area contributed by atoms with E-state index in [-0.39, 0.29) is 17.0 Å². The van der Waals surface area contributed by atoms with Gasteiger partial charge in [0.2, 0.25) is 0 Å². The first-order valence-electron chi connectivity index (χ1n) is 5.96. The first-order chi connectivity index (χ1) is 7.79. The predicted octanol–water partition coefficient (Wildman–Crippen LogP) is 4.35. The average molecular weight is 236 g/mol. The molecule has 0 radical (unpaired) electrons. The third-order valence-electron chi connectivity index (χ3n) is 2.72. The maximum atomic E-state index is 10.9. The predicted molar refractivity (Wildman–Crippen MR) is 73.0 cm³/mol. The third kappa shape index (κ3) is 7.56. The zero-order valence-corrected chi connectivity index (χ0v) is 11.4. The summed E-state index contributed by atoms with van der Waals surface area (Å²) in [4.78, 5) is 10.9. The van der Waals surface area contributed by atoms with Gasteiger partial charge in [-0.05, 0) is 39.0 Å². The van der Waals surface area contributed by atoms with Gasteiger partial charge >= 0.3 is 0 Å². The van der Waals surface area contributed by atoms with E-state index >= 15 is 0 Å². The van der Waals surface area contributed by atoms with Gasteiger partial charge in [0.1, 0.15) is 0 Å². The van der Waals surface area contributed by atoms with Crippen molar-refractivity contribution in [1.29, 1.82) is 0 Å².